The average Bonchev–Trinajstić information content (AvgIpc) is 3.04. The highest BCUT2D eigenvalue weighted by Gasteiger charge is 2.12. The average molecular weight is 316 g/mol. The molecule has 0 saturated heterocycles. The first-order chi connectivity index (χ1) is 11.0. The molecule has 7 nitrogen and oxygen atoms in total. The van der Waals surface area contributed by atoms with E-state index in [1.54, 1.807) is 31.1 Å². The van der Waals surface area contributed by atoms with Crippen LogP contribution in [0.25, 0.3) is 5.69 Å². The van der Waals surface area contributed by atoms with Crippen molar-refractivity contribution >= 4 is 11.8 Å². The number of ether oxygens (including phenoxy) is 1. The lowest BCUT2D eigenvalue weighted by atomic mass is 10.2. The number of rotatable bonds is 6. The summed E-state index contributed by atoms with van der Waals surface area (Å²) in [6, 6.07) is 7.35. The van der Waals surface area contributed by atoms with Gasteiger partial charge in [0.15, 0.2) is 5.69 Å². The molecule has 0 spiro atoms. The van der Waals surface area contributed by atoms with E-state index in [9.17, 15) is 9.59 Å². The number of hydrogen-bond acceptors (Lipinski definition) is 4. The first-order valence-electron chi connectivity index (χ1n) is 7.24. The van der Waals surface area contributed by atoms with E-state index in [2.05, 4.69) is 15.7 Å². The number of aromatic nitrogens is 2. The zero-order chi connectivity index (χ0) is 16.8. The second kappa shape index (κ2) is 7.44. The van der Waals surface area contributed by atoms with Gasteiger partial charge in [0, 0.05) is 26.2 Å². The molecule has 0 radical (unpaired) electrons. The molecule has 0 aliphatic rings. The molecule has 2 amide bonds. The van der Waals surface area contributed by atoms with E-state index >= 15 is 0 Å². The molecule has 7 heteroatoms. The highest BCUT2D eigenvalue weighted by molar-refractivity contribution is 5.92. The lowest BCUT2D eigenvalue weighted by Crippen LogP contribution is -2.29. The van der Waals surface area contributed by atoms with Gasteiger partial charge in [-0.05, 0) is 30.7 Å². The normalized spacial score (nSPS) is 10.2. The Morgan fingerprint density at radius 1 is 1.30 bits per heavy atom. The molecule has 0 unspecified atom stereocenters. The second-order valence-electron chi connectivity index (χ2n) is 5.00. The Morgan fingerprint density at radius 2 is 2.09 bits per heavy atom. The highest BCUT2D eigenvalue weighted by Crippen LogP contribution is 2.23. The third-order valence-corrected chi connectivity index (χ3v) is 3.32. The first-order valence-corrected chi connectivity index (χ1v) is 7.24. The van der Waals surface area contributed by atoms with Crippen molar-refractivity contribution in [1.82, 2.24) is 20.4 Å². The number of carbonyl (C=O) groups excluding carboxylic acids is 2. The lowest BCUT2D eigenvalue weighted by molar-refractivity contribution is -0.120. The van der Waals surface area contributed by atoms with Crippen LogP contribution in [0.1, 0.15) is 22.5 Å². The van der Waals surface area contributed by atoms with Crippen LogP contribution < -0.4 is 15.4 Å². The summed E-state index contributed by atoms with van der Waals surface area (Å²) < 4.78 is 6.92. The van der Waals surface area contributed by atoms with Gasteiger partial charge in [-0.15, -0.1) is 0 Å². The van der Waals surface area contributed by atoms with Crippen molar-refractivity contribution in [1.29, 1.82) is 0 Å². The lowest BCUT2D eigenvalue weighted by Gasteiger charge is -2.09. The predicted molar refractivity (Wildman–Crippen MR) is 85.9 cm³/mol. The van der Waals surface area contributed by atoms with Gasteiger partial charge in [0.2, 0.25) is 5.91 Å². The zero-order valence-corrected chi connectivity index (χ0v) is 13.4. The number of benzene rings is 1. The monoisotopic (exact) mass is 316 g/mol. The predicted octanol–water partition coefficient (Wildman–Crippen LogP) is 1.06. The maximum Gasteiger partial charge on any atom is 0.271 e. The topological polar surface area (TPSA) is 85.2 Å². The smallest absolute Gasteiger partial charge is 0.271 e. The molecular weight excluding hydrogens is 296 g/mol. The summed E-state index contributed by atoms with van der Waals surface area (Å²) in [6.45, 7) is 2.23. The molecule has 122 valence electrons. The Kier molecular flexibility index (Phi) is 5.35. The second-order valence-corrected chi connectivity index (χ2v) is 5.00. The Balaban J connectivity index is 2.10. The minimum atomic E-state index is -0.320. The quantitative estimate of drug-likeness (QED) is 0.834. The first kappa shape index (κ1) is 16.5. The SMILES string of the molecule is CNC(=O)CCNC(=O)c1ccn(-c2cc(C)ccc2OC)n1. The number of hydrogen-bond donors (Lipinski definition) is 2. The molecule has 0 atom stereocenters. The third-order valence-electron chi connectivity index (χ3n) is 3.32. The van der Waals surface area contributed by atoms with E-state index in [4.69, 9.17) is 4.74 Å². The summed E-state index contributed by atoms with van der Waals surface area (Å²) in [5.74, 6) is 0.227. The molecule has 1 aromatic heterocycles. The van der Waals surface area contributed by atoms with Gasteiger partial charge in [-0.3, -0.25) is 9.59 Å². The van der Waals surface area contributed by atoms with E-state index in [0.717, 1.165) is 11.3 Å². The number of aryl methyl sites for hydroxylation is 1. The van der Waals surface area contributed by atoms with Crippen LogP contribution >= 0.6 is 0 Å². The summed E-state index contributed by atoms with van der Waals surface area (Å²) in [7, 11) is 3.14. The number of carbonyl (C=O) groups is 2. The minimum absolute atomic E-state index is 0.125. The van der Waals surface area contributed by atoms with Crippen LogP contribution in [0, 0.1) is 6.92 Å². The third kappa shape index (κ3) is 4.09. The van der Waals surface area contributed by atoms with Crippen molar-refractivity contribution in [2.24, 2.45) is 0 Å². The standard InChI is InChI=1S/C16H20N4O3/c1-11-4-5-14(23-3)13(10-11)20-9-7-12(19-20)16(22)18-8-6-15(21)17-2/h4-5,7,9-10H,6,8H2,1-3H3,(H,17,21)(H,18,22). The fourth-order valence-corrected chi connectivity index (χ4v) is 2.06. The van der Waals surface area contributed by atoms with Crippen LogP contribution in [0.3, 0.4) is 0 Å². The van der Waals surface area contributed by atoms with Crippen LogP contribution in [0.2, 0.25) is 0 Å². The van der Waals surface area contributed by atoms with Gasteiger partial charge in [-0.1, -0.05) is 6.07 Å². The van der Waals surface area contributed by atoms with Gasteiger partial charge in [0.1, 0.15) is 11.4 Å². The van der Waals surface area contributed by atoms with E-state index in [1.165, 1.54) is 0 Å². The molecule has 0 fully saturated rings. The van der Waals surface area contributed by atoms with Crippen molar-refractivity contribution in [3.63, 3.8) is 0 Å². The van der Waals surface area contributed by atoms with Gasteiger partial charge in [0.25, 0.3) is 5.91 Å². The van der Waals surface area contributed by atoms with Gasteiger partial charge in [-0.25, -0.2) is 4.68 Å². The van der Waals surface area contributed by atoms with Gasteiger partial charge < -0.3 is 15.4 Å². The molecule has 1 heterocycles. The van der Waals surface area contributed by atoms with Crippen molar-refractivity contribution in [2.45, 2.75) is 13.3 Å². The number of nitrogens with zero attached hydrogens (tertiary/aromatic N) is 2. The van der Waals surface area contributed by atoms with Gasteiger partial charge in [0.05, 0.1) is 7.11 Å². The zero-order valence-electron chi connectivity index (χ0n) is 13.4. The van der Waals surface area contributed by atoms with Gasteiger partial charge >= 0.3 is 0 Å². The highest BCUT2D eigenvalue weighted by atomic mass is 16.5. The van der Waals surface area contributed by atoms with Crippen LogP contribution in [0.5, 0.6) is 5.75 Å². The van der Waals surface area contributed by atoms with E-state index in [-0.39, 0.29) is 30.5 Å². The molecule has 0 aliphatic carbocycles. The molecule has 23 heavy (non-hydrogen) atoms. The molecule has 0 saturated carbocycles. The summed E-state index contributed by atoms with van der Waals surface area (Å²) in [6.07, 6.45) is 1.93. The van der Waals surface area contributed by atoms with Crippen LogP contribution in [0.15, 0.2) is 30.5 Å². The van der Waals surface area contributed by atoms with E-state index in [0.29, 0.717) is 5.75 Å². The summed E-state index contributed by atoms with van der Waals surface area (Å²) >= 11 is 0. The van der Waals surface area contributed by atoms with Crippen LogP contribution in [-0.2, 0) is 4.79 Å². The van der Waals surface area contributed by atoms with Crippen molar-refractivity contribution < 1.29 is 14.3 Å². The maximum absolute atomic E-state index is 12.0. The van der Waals surface area contributed by atoms with Crippen LogP contribution in [-0.4, -0.2) is 42.3 Å². The number of nitrogens with one attached hydrogen (secondary N) is 2. The van der Waals surface area contributed by atoms with Crippen molar-refractivity contribution in [3.8, 4) is 11.4 Å². The Morgan fingerprint density at radius 3 is 2.78 bits per heavy atom. The van der Waals surface area contributed by atoms with Gasteiger partial charge in [-0.2, -0.15) is 5.10 Å². The Bertz CT molecular complexity index is 709. The maximum atomic E-state index is 12.0. The van der Waals surface area contributed by atoms with Crippen LogP contribution in [0.4, 0.5) is 0 Å². The Labute approximate surface area is 134 Å². The Hall–Kier alpha value is -2.83. The molecule has 2 N–H and O–H groups in total. The molecule has 0 bridgehead atoms. The van der Waals surface area contributed by atoms with E-state index in [1.807, 2.05) is 25.1 Å². The number of amides is 2. The summed E-state index contributed by atoms with van der Waals surface area (Å²) in [5.41, 5.74) is 2.11. The fraction of sp³-hybridized carbons (Fsp3) is 0.312. The molecule has 2 aromatic rings. The molecule has 1 aromatic carbocycles. The summed E-state index contributed by atoms with van der Waals surface area (Å²) in [4.78, 5) is 23.2. The van der Waals surface area contributed by atoms with E-state index < -0.39 is 0 Å². The van der Waals surface area contributed by atoms with Crippen molar-refractivity contribution in [2.75, 3.05) is 20.7 Å². The number of methoxy groups -OCH3 is 1. The largest absolute Gasteiger partial charge is 0.494 e. The molecule has 2 rings (SSSR count). The summed E-state index contributed by atoms with van der Waals surface area (Å²) in [5, 5.41) is 9.43. The molecule has 0 aliphatic heterocycles. The molecular formula is C16H20N4O3. The fourth-order valence-electron chi connectivity index (χ4n) is 2.06. The minimum Gasteiger partial charge on any atom is -0.494 e. The van der Waals surface area contributed by atoms with Crippen molar-refractivity contribution in [3.05, 3.63) is 41.7 Å².